The molecule has 1 aliphatic carbocycles. The predicted molar refractivity (Wildman–Crippen MR) is 76.9 cm³/mol. The van der Waals surface area contributed by atoms with Gasteiger partial charge >= 0.3 is 5.97 Å². The second kappa shape index (κ2) is 6.48. The van der Waals surface area contributed by atoms with Crippen molar-refractivity contribution in [2.24, 2.45) is 11.8 Å². The summed E-state index contributed by atoms with van der Waals surface area (Å²) in [6.07, 6.45) is 3.66. The van der Waals surface area contributed by atoms with Crippen molar-refractivity contribution < 1.29 is 18.3 Å². The van der Waals surface area contributed by atoms with Crippen molar-refractivity contribution in [3.8, 4) is 5.75 Å². The largest absolute Gasteiger partial charge is 0.423 e. The highest BCUT2D eigenvalue weighted by Crippen LogP contribution is 2.32. The Kier molecular flexibility index (Phi) is 4.91. The average molecular weight is 298 g/mol. The van der Waals surface area contributed by atoms with E-state index in [1.807, 2.05) is 0 Å². The Labute approximate surface area is 120 Å². The molecule has 0 amide bonds. The number of benzene rings is 1. The first-order valence-electron chi connectivity index (χ1n) is 7.19. The highest BCUT2D eigenvalue weighted by atomic mass is 28.1. The number of esters is 1. The normalized spacial score (nSPS) is 22.8. The van der Waals surface area contributed by atoms with E-state index in [4.69, 9.17) is 4.74 Å². The number of carbonyl (C=O) groups is 1. The molecule has 1 aromatic carbocycles. The van der Waals surface area contributed by atoms with Crippen molar-refractivity contribution in [2.75, 3.05) is 0 Å². The molecule has 5 heteroatoms. The smallest absolute Gasteiger partial charge is 0.314 e. The van der Waals surface area contributed by atoms with Crippen LogP contribution < -0.4 is 4.74 Å². The molecule has 0 saturated heterocycles. The molecule has 0 aromatic heterocycles. The molecule has 0 bridgehead atoms. The van der Waals surface area contributed by atoms with Crippen LogP contribution in [0.25, 0.3) is 0 Å². The van der Waals surface area contributed by atoms with E-state index >= 15 is 0 Å². The summed E-state index contributed by atoms with van der Waals surface area (Å²) in [6.45, 7) is 1.47. The van der Waals surface area contributed by atoms with Crippen molar-refractivity contribution >= 4 is 16.2 Å². The Morgan fingerprint density at radius 3 is 2.50 bits per heavy atom. The molecule has 1 saturated carbocycles. The lowest BCUT2D eigenvalue weighted by Crippen LogP contribution is -2.26. The Bertz CT molecular complexity index is 497. The number of carbonyl (C=O) groups excluding carboxylic acids is 1. The summed E-state index contributed by atoms with van der Waals surface area (Å²) in [5.74, 6) is -2.20. The van der Waals surface area contributed by atoms with Gasteiger partial charge in [-0.3, -0.25) is 4.79 Å². The van der Waals surface area contributed by atoms with E-state index < -0.39 is 17.6 Å². The van der Waals surface area contributed by atoms with Gasteiger partial charge in [-0.15, -0.1) is 0 Å². The SMILES string of the molecule is Cc1ccc(OC(=O)C2CCC(C[SiH3])CC2)c(F)c1F. The maximum absolute atomic E-state index is 13.7. The monoisotopic (exact) mass is 298 g/mol. The molecule has 0 spiro atoms. The summed E-state index contributed by atoms with van der Waals surface area (Å²) in [5, 5.41) is 0. The van der Waals surface area contributed by atoms with Crippen molar-refractivity contribution in [2.45, 2.75) is 38.7 Å². The van der Waals surface area contributed by atoms with Gasteiger partial charge in [0.2, 0.25) is 5.82 Å². The molecule has 1 aliphatic rings. The second-order valence-corrected chi connectivity index (χ2v) is 6.37. The summed E-state index contributed by atoms with van der Waals surface area (Å²) < 4.78 is 32.1. The van der Waals surface area contributed by atoms with E-state index in [1.165, 1.54) is 35.3 Å². The minimum Gasteiger partial charge on any atom is -0.423 e. The van der Waals surface area contributed by atoms with Crippen molar-refractivity contribution in [1.82, 2.24) is 0 Å². The fourth-order valence-electron chi connectivity index (χ4n) is 2.71. The van der Waals surface area contributed by atoms with Crippen LogP contribution in [0.1, 0.15) is 31.2 Å². The van der Waals surface area contributed by atoms with E-state index in [2.05, 4.69) is 0 Å². The van der Waals surface area contributed by atoms with E-state index in [0.29, 0.717) is 0 Å². The van der Waals surface area contributed by atoms with Gasteiger partial charge in [-0.1, -0.05) is 12.1 Å². The van der Waals surface area contributed by atoms with Crippen LogP contribution in [0.2, 0.25) is 6.04 Å². The van der Waals surface area contributed by atoms with Crippen LogP contribution in [0.3, 0.4) is 0 Å². The summed E-state index contributed by atoms with van der Waals surface area (Å²) in [7, 11) is 1.19. The van der Waals surface area contributed by atoms with Crippen LogP contribution in [-0.2, 0) is 4.79 Å². The molecular weight excluding hydrogens is 278 g/mol. The highest BCUT2D eigenvalue weighted by Gasteiger charge is 2.28. The number of aryl methyl sites for hydroxylation is 1. The van der Waals surface area contributed by atoms with E-state index in [9.17, 15) is 13.6 Å². The zero-order chi connectivity index (χ0) is 14.7. The van der Waals surface area contributed by atoms with Gasteiger partial charge in [0, 0.05) is 10.2 Å². The van der Waals surface area contributed by atoms with Crippen LogP contribution in [0.15, 0.2) is 12.1 Å². The zero-order valence-electron chi connectivity index (χ0n) is 11.9. The molecule has 0 radical (unpaired) electrons. The number of hydrogen-bond donors (Lipinski definition) is 0. The topological polar surface area (TPSA) is 26.3 Å². The maximum atomic E-state index is 13.7. The number of ether oxygens (including phenoxy) is 1. The van der Waals surface area contributed by atoms with Gasteiger partial charge in [-0.05, 0) is 50.2 Å². The number of rotatable bonds is 3. The summed E-state index contributed by atoms with van der Waals surface area (Å²) in [5.41, 5.74) is 0.204. The van der Waals surface area contributed by atoms with Gasteiger partial charge < -0.3 is 4.74 Å². The molecule has 2 nitrogen and oxygen atoms in total. The number of halogens is 2. The first-order chi connectivity index (χ1) is 9.52. The van der Waals surface area contributed by atoms with Crippen LogP contribution in [0.4, 0.5) is 8.78 Å². The van der Waals surface area contributed by atoms with Gasteiger partial charge in [0.25, 0.3) is 0 Å². The van der Waals surface area contributed by atoms with E-state index in [-0.39, 0.29) is 17.2 Å². The lowest BCUT2D eigenvalue weighted by atomic mass is 9.83. The van der Waals surface area contributed by atoms with Gasteiger partial charge in [-0.2, -0.15) is 4.39 Å². The summed E-state index contributed by atoms with van der Waals surface area (Å²) in [6, 6.07) is 3.99. The van der Waals surface area contributed by atoms with Crippen LogP contribution >= 0.6 is 0 Å². The molecular formula is C15H20F2O2Si. The Balaban J connectivity index is 2.00. The zero-order valence-corrected chi connectivity index (χ0v) is 13.9. The Hall–Kier alpha value is -1.23. The number of hydrogen-bond acceptors (Lipinski definition) is 2. The first-order valence-corrected chi connectivity index (χ1v) is 8.60. The van der Waals surface area contributed by atoms with Gasteiger partial charge in [0.05, 0.1) is 5.92 Å². The molecule has 0 heterocycles. The molecule has 0 aliphatic heterocycles. The molecule has 2 rings (SSSR count). The maximum Gasteiger partial charge on any atom is 0.314 e. The molecule has 0 N–H and O–H groups in total. The molecule has 1 fully saturated rings. The third-order valence-electron chi connectivity index (χ3n) is 4.21. The van der Waals surface area contributed by atoms with Gasteiger partial charge in [0.15, 0.2) is 11.6 Å². The standard InChI is InChI=1S/C15H20F2O2Si/c1-9-2-7-12(14(17)13(9)16)19-15(18)11-5-3-10(8-20)4-6-11/h2,7,10-11H,3-6,8H2,1,20H3. The van der Waals surface area contributed by atoms with Gasteiger partial charge in [0.1, 0.15) is 0 Å². The Morgan fingerprint density at radius 2 is 1.90 bits per heavy atom. The quantitative estimate of drug-likeness (QED) is 0.487. The lowest BCUT2D eigenvalue weighted by molar-refractivity contribution is -0.140. The predicted octanol–water partition coefficient (Wildman–Crippen LogP) is 2.77. The van der Waals surface area contributed by atoms with Crippen molar-refractivity contribution in [3.05, 3.63) is 29.3 Å². The molecule has 20 heavy (non-hydrogen) atoms. The average Bonchev–Trinajstić information content (AvgIpc) is 2.48. The van der Waals surface area contributed by atoms with Crippen LogP contribution in [0.5, 0.6) is 5.75 Å². The van der Waals surface area contributed by atoms with Crippen LogP contribution in [-0.4, -0.2) is 16.2 Å². The lowest BCUT2D eigenvalue weighted by Gasteiger charge is -2.26. The third kappa shape index (κ3) is 3.26. The van der Waals surface area contributed by atoms with E-state index in [0.717, 1.165) is 31.6 Å². The van der Waals surface area contributed by atoms with Crippen molar-refractivity contribution in [1.29, 1.82) is 0 Å². The summed E-state index contributed by atoms with van der Waals surface area (Å²) in [4.78, 5) is 12.0. The van der Waals surface area contributed by atoms with Crippen LogP contribution in [0, 0.1) is 30.4 Å². The van der Waals surface area contributed by atoms with Gasteiger partial charge in [-0.25, -0.2) is 4.39 Å². The molecule has 0 atom stereocenters. The fraction of sp³-hybridized carbons (Fsp3) is 0.533. The minimum atomic E-state index is -1.08. The molecule has 1 aromatic rings. The van der Waals surface area contributed by atoms with Crippen molar-refractivity contribution in [3.63, 3.8) is 0 Å². The fourth-order valence-corrected chi connectivity index (χ4v) is 3.52. The summed E-state index contributed by atoms with van der Waals surface area (Å²) >= 11 is 0. The third-order valence-corrected chi connectivity index (χ3v) is 5.36. The highest BCUT2D eigenvalue weighted by molar-refractivity contribution is 6.08. The molecule has 110 valence electrons. The molecule has 0 unspecified atom stereocenters. The second-order valence-electron chi connectivity index (χ2n) is 5.56. The Morgan fingerprint density at radius 1 is 1.25 bits per heavy atom. The van der Waals surface area contributed by atoms with E-state index in [1.54, 1.807) is 0 Å². The first kappa shape index (κ1) is 15.2. The minimum absolute atomic E-state index is 0.178.